The van der Waals surface area contributed by atoms with Crippen LogP contribution in [0.5, 0.6) is 0 Å². The molecule has 1 atom stereocenters. The first-order chi connectivity index (χ1) is 14.5. The number of aromatic nitrogens is 1. The molecule has 0 bridgehead atoms. The average Bonchev–Trinajstić information content (AvgIpc) is 3.31. The van der Waals surface area contributed by atoms with E-state index in [1.165, 1.54) is 0 Å². The number of ether oxygens (including phenoxy) is 1. The number of aliphatic carboxylic acids is 1. The first-order valence-electron chi connectivity index (χ1n) is 9.91. The molecule has 154 valence electrons. The minimum absolute atomic E-state index is 0.308. The number of oxazole rings is 1. The van der Waals surface area contributed by atoms with Crippen molar-refractivity contribution in [3.8, 4) is 11.5 Å². The summed E-state index contributed by atoms with van der Waals surface area (Å²) in [6.45, 7) is 4.04. The molecule has 0 fully saturated rings. The molecule has 4 rings (SSSR count). The average molecular weight is 405 g/mol. The number of carboxylic acid groups (broad SMARTS) is 1. The summed E-state index contributed by atoms with van der Waals surface area (Å²) >= 11 is 0. The van der Waals surface area contributed by atoms with Crippen molar-refractivity contribution in [3.63, 3.8) is 0 Å². The predicted octanol–water partition coefficient (Wildman–Crippen LogP) is 5.02. The molecule has 1 N–H and O–H groups in total. The Balaban J connectivity index is 1.54. The second-order valence-electron chi connectivity index (χ2n) is 7.14. The number of aryl methyl sites for hydroxylation is 1. The molecule has 30 heavy (non-hydrogen) atoms. The Morgan fingerprint density at radius 1 is 1.13 bits per heavy atom. The zero-order chi connectivity index (χ0) is 21.1. The van der Waals surface area contributed by atoms with Gasteiger partial charge >= 0.3 is 5.97 Å². The van der Waals surface area contributed by atoms with Gasteiger partial charge in [0.1, 0.15) is 17.1 Å². The summed E-state index contributed by atoms with van der Waals surface area (Å²) in [5.74, 6) is 1.17. The normalized spacial score (nSPS) is 12.3. The number of rotatable bonds is 8. The van der Waals surface area contributed by atoms with Crippen molar-refractivity contribution in [2.24, 2.45) is 0 Å². The van der Waals surface area contributed by atoms with Gasteiger partial charge in [-0.25, -0.2) is 9.78 Å². The summed E-state index contributed by atoms with van der Waals surface area (Å²) in [7, 11) is 0. The first-order valence-corrected chi connectivity index (χ1v) is 9.91. The van der Waals surface area contributed by atoms with Crippen LogP contribution in [0.15, 0.2) is 63.4 Å². The maximum Gasteiger partial charge on any atom is 0.333 e. The topological polar surface area (TPSA) is 85.7 Å². The number of hydrogen-bond donors (Lipinski definition) is 1. The molecule has 0 radical (unpaired) electrons. The molecule has 0 saturated carbocycles. The summed E-state index contributed by atoms with van der Waals surface area (Å²) in [5, 5.41) is 10.2. The molecule has 0 unspecified atom stereocenters. The molecule has 6 nitrogen and oxygen atoms in total. The maximum atomic E-state index is 11.3. The highest BCUT2D eigenvalue weighted by Gasteiger charge is 2.19. The van der Waals surface area contributed by atoms with Crippen LogP contribution < -0.4 is 0 Å². The Morgan fingerprint density at radius 2 is 1.93 bits per heavy atom. The fraction of sp³-hybridized carbons (Fsp3) is 0.250. The van der Waals surface area contributed by atoms with Gasteiger partial charge in [-0.2, -0.15) is 0 Å². The lowest BCUT2D eigenvalue weighted by Crippen LogP contribution is -2.26. The fourth-order valence-corrected chi connectivity index (χ4v) is 3.46. The van der Waals surface area contributed by atoms with E-state index in [2.05, 4.69) is 4.98 Å². The third-order valence-electron chi connectivity index (χ3n) is 4.95. The zero-order valence-electron chi connectivity index (χ0n) is 16.9. The van der Waals surface area contributed by atoms with E-state index in [-0.39, 0.29) is 0 Å². The summed E-state index contributed by atoms with van der Waals surface area (Å²) in [5.41, 5.74) is 3.40. The summed E-state index contributed by atoms with van der Waals surface area (Å²) in [6.07, 6.45) is -0.0290. The largest absolute Gasteiger partial charge is 0.479 e. The van der Waals surface area contributed by atoms with Crippen molar-refractivity contribution in [3.05, 3.63) is 77.4 Å². The van der Waals surface area contributed by atoms with E-state index in [4.69, 9.17) is 13.6 Å². The van der Waals surface area contributed by atoms with E-state index in [0.717, 1.165) is 39.3 Å². The second kappa shape index (κ2) is 8.55. The number of fused-ring (bicyclic) bond motifs is 1. The van der Waals surface area contributed by atoms with Gasteiger partial charge in [0.25, 0.3) is 0 Å². The first kappa shape index (κ1) is 19.9. The Kier molecular flexibility index (Phi) is 5.68. The molecule has 0 spiro atoms. The van der Waals surface area contributed by atoms with Crippen LogP contribution in [0.25, 0.3) is 22.4 Å². The molecule has 0 aliphatic rings. The van der Waals surface area contributed by atoms with Crippen molar-refractivity contribution in [1.82, 2.24) is 4.98 Å². The van der Waals surface area contributed by atoms with Crippen LogP contribution in [0.2, 0.25) is 0 Å². The van der Waals surface area contributed by atoms with Gasteiger partial charge in [0.05, 0.1) is 12.1 Å². The van der Waals surface area contributed by atoms with Gasteiger partial charge in [-0.15, -0.1) is 0 Å². The minimum atomic E-state index is -0.958. The Bertz CT molecular complexity index is 1160. The molecule has 0 aliphatic carbocycles. The van der Waals surface area contributed by atoms with Crippen molar-refractivity contribution in [2.75, 3.05) is 6.61 Å². The number of carboxylic acids is 1. The lowest BCUT2D eigenvalue weighted by Gasteiger charge is -2.12. The quantitative estimate of drug-likeness (QED) is 0.443. The molecule has 4 aromatic rings. The fourth-order valence-electron chi connectivity index (χ4n) is 3.46. The Hall–Kier alpha value is -3.38. The summed E-state index contributed by atoms with van der Waals surface area (Å²) < 4.78 is 17.1. The van der Waals surface area contributed by atoms with Crippen LogP contribution in [0.3, 0.4) is 0 Å². The van der Waals surface area contributed by atoms with Crippen molar-refractivity contribution >= 4 is 16.9 Å². The van der Waals surface area contributed by atoms with Crippen molar-refractivity contribution < 1.29 is 23.5 Å². The van der Waals surface area contributed by atoms with Crippen LogP contribution in [0.1, 0.15) is 29.7 Å². The number of benzene rings is 2. The van der Waals surface area contributed by atoms with Gasteiger partial charge in [0, 0.05) is 24.0 Å². The zero-order valence-corrected chi connectivity index (χ0v) is 16.9. The number of furan rings is 1. The molecule has 0 amide bonds. The third-order valence-corrected chi connectivity index (χ3v) is 4.95. The molecular formula is C24H23NO5. The van der Waals surface area contributed by atoms with E-state index in [0.29, 0.717) is 25.3 Å². The highest BCUT2D eigenvalue weighted by atomic mass is 16.5. The Morgan fingerprint density at radius 3 is 2.67 bits per heavy atom. The smallest absolute Gasteiger partial charge is 0.333 e. The maximum absolute atomic E-state index is 11.3. The van der Waals surface area contributed by atoms with E-state index in [1.807, 2.05) is 61.5 Å². The van der Waals surface area contributed by atoms with Gasteiger partial charge in [0.2, 0.25) is 5.89 Å². The molecule has 2 aromatic carbocycles. The molecule has 0 saturated heterocycles. The summed E-state index contributed by atoms with van der Waals surface area (Å²) in [4.78, 5) is 16.0. The lowest BCUT2D eigenvalue weighted by atomic mass is 10.1. The summed E-state index contributed by atoms with van der Waals surface area (Å²) in [6, 6.07) is 17.4. The van der Waals surface area contributed by atoms with E-state index in [9.17, 15) is 9.90 Å². The van der Waals surface area contributed by atoms with E-state index in [1.54, 1.807) is 6.92 Å². The van der Waals surface area contributed by atoms with Gasteiger partial charge in [-0.1, -0.05) is 24.3 Å². The van der Waals surface area contributed by atoms with E-state index < -0.39 is 12.1 Å². The number of hydrogen-bond acceptors (Lipinski definition) is 5. The van der Waals surface area contributed by atoms with Crippen LogP contribution in [0.4, 0.5) is 0 Å². The predicted molar refractivity (Wildman–Crippen MR) is 112 cm³/mol. The monoisotopic (exact) mass is 405 g/mol. The number of carbonyl (C=O) groups is 1. The van der Waals surface area contributed by atoms with Crippen LogP contribution in [0, 0.1) is 6.92 Å². The van der Waals surface area contributed by atoms with Crippen molar-refractivity contribution in [1.29, 1.82) is 0 Å². The second-order valence-corrected chi connectivity index (χ2v) is 7.14. The SMILES string of the molecule is CCO[C@@H](Cc1ccc2oc(Cc3nc(-c4ccccc4)oc3C)cc2c1)C(=O)O. The molecular weight excluding hydrogens is 382 g/mol. The third kappa shape index (κ3) is 4.28. The number of nitrogens with zero attached hydrogens (tertiary/aromatic N) is 1. The Labute approximate surface area is 174 Å². The van der Waals surface area contributed by atoms with E-state index >= 15 is 0 Å². The van der Waals surface area contributed by atoms with Crippen molar-refractivity contribution in [2.45, 2.75) is 32.8 Å². The highest BCUT2D eigenvalue weighted by molar-refractivity contribution is 5.79. The van der Waals surface area contributed by atoms with Crippen LogP contribution >= 0.6 is 0 Å². The molecule has 2 heterocycles. The van der Waals surface area contributed by atoms with Gasteiger partial charge in [-0.3, -0.25) is 0 Å². The van der Waals surface area contributed by atoms with Gasteiger partial charge in [-0.05, 0) is 49.7 Å². The minimum Gasteiger partial charge on any atom is -0.479 e. The van der Waals surface area contributed by atoms with Crippen LogP contribution in [-0.2, 0) is 22.4 Å². The standard InChI is InChI=1S/C24H23NO5/c1-3-28-22(24(26)27)12-16-9-10-21-18(11-16)13-19(30-21)14-20-15(2)29-23(25-20)17-7-5-4-6-8-17/h4-11,13,22H,3,12,14H2,1-2H3,(H,26,27)/t22-/m0/s1. The van der Waals surface area contributed by atoms with Gasteiger partial charge < -0.3 is 18.7 Å². The molecule has 6 heteroatoms. The van der Waals surface area contributed by atoms with Gasteiger partial charge in [0.15, 0.2) is 6.10 Å². The molecule has 0 aliphatic heterocycles. The highest BCUT2D eigenvalue weighted by Crippen LogP contribution is 2.26. The van der Waals surface area contributed by atoms with Crippen LogP contribution in [-0.4, -0.2) is 28.8 Å². The molecule has 2 aromatic heterocycles. The lowest BCUT2D eigenvalue weighted by molar-refractivity contribution is -0.149.